The van der Waals surface area contributed by atoms with Crippen LogP contribution in [-0.4, -0.2) is 37.7 Å². The molecule has 1 aromatic carbocycles. The summed E-state index contributed by atoms with van der Waals surface area (Å²) in [6.45, 7) is 2.13. The number of hydrogen-bond acceptors (Lipinski definition) is 4. The molecule has 0 unspecified atom stereocenters. The third-order valence-corrected chi connectivity index (χ3v) is 4.31. The Morgan fingerprint density at radius 3 is 2.71 bits per heavy atom. The molecule has 0 atom stereocenters. The quantitative estimate of drug-likeness (QED) is 0.866. The van der Waals surface area contributed by atoms with Gasteiger partial charge >= 0.3 is 0 Å². The molecular formula is C17H23Cl2N3O2. The minimum Gasteiger partial charge on any atom is -0.384 e. The molecule has 132 valence electrons. The Labute approximate surface area is 154 Å². The molecule has 1 amide bonds. The van der Waals surface area contributed by atoms with Crippen molar-refractivity contribution >= 4 is 47.3 Å². The molecule has 2 aromatic rings. The Morgan fingerprint density at radius 2 is 2.00 bits per heavy atom. The fourth-order valence-electron chi connectivity index (χ4n) is 3.02. The van der Waals surface area contributed by atoms with Crippen LogP contribution in [0.5, 0.6) is 0 Å². The number of para-hydroxylation sites is 1. The summed E-state index contributed by atoms with van der Waals surface area (Å²) in [5.74, 6) is 0.0212. The van der Waals surface area contributed by atoms with Crippen LogP contribution in [0.4, 0.5) is 5.69 Å². The third kappa shape index (κ3) is 4.36. The summed E-state index contributed by atoms with van der Waals surface area (Å²) < 4.78 is 5.31. The van der Waals surface area contributed by atoms with Gasteiger partial charge in [0.2, 0.25) is 5.91 Å². The van der Waals surface area contributed by atoms with Crippen LogP contribution in [-0.2, 0) is 9.53 Å². The number of methoxy groups -OCH3 is 1. The number of aromatic nitrogens is 1. The maximum Gasteiger partial charge on any atom is 0.233 e. The first-order chi connectivity index (χ1) is 10.7. The van der Waals surface area contributed by atoms with Crippen molar-refractivity contribution in [2.24, 2.45) is 5.41 Å². The van der Waals surface area contributed by atoms with Gasteiger partial charge in [0.1, 0.15) is 0 Å². The summed E-state index contributed by atoms with van der Waals surface area (Å²) >= 11 is 0. The fourth-order valence-corrected chi connectivity index (χ4v) is 3.02. The highest BCUT2D eigenvalue weighted by Gasteiger charge is 2.39. The van der Waals surface area contributed by atoms with Gasteiger partial charge in [-0.3, -0.25) is 9.78 Å². The average Bonchev–Trinajstić information content (AvgIpc) is 2.56. The molecule has 1 saturated heterocycles. The van der Waals surface area contributed by atoms with Gasteiger partial charge < -0.3 is 15.4 Å². The van der Waals surface area contributed by atoms with Gasteiger partial charge in [0.15, 0.2) is 0 Å². The lowest BCUT2D eigenvalue weighted by molar-refractivity contribution is -0.130. The number of benzene rings is 1. The van der Waals surface area contributed by atoms with Crippen LogP contribution >= 0.6 is 24.8 Å². The van der Waals surface area contributed by atoms with Crippen molar-refractivity contribution in [1.29, 1.82) is 0 Å². The zero-order valence-electron chi connectivity index (χ0n) is 13.6. The van der Waals surface area contributed by atoms with E-state index in [-0.39, 0.29) is 30.7 Å². The molecule has 0 saturated carbocycles. The molecule has 0 bridgehead atoms. The maximum atomic E-state index is 12.8. The second-order valence-electron chi connectivity index (χ2n) is 5.83. The highest BCUT2D eigenvalue weighted by molar-refractivity contribution is 5.97. The minimum atomic E-state index is -0.453. The van der Waals surface area contributed by atoms with Gasteiger partial charge in [-0.1, -0.05) is 18.2 Å². The number of halogens is 2. The van der Waals surface area contributed by atoms with Crippen molar-refractivity contribution < 1.29 is 9.53 Å². The first kappa shape index (κ1) is 20.6. The number of hydrogen-bond donors (Lipinski definition) is 2. The van der Waals surface area contributed by atoms with Crippen LogP contribution in [0.3, 0.4) is 0 Å². The van der Waals surface area contributed by atoms with Gasteiger partial charge in [-0.15, -0.1) is 24.8 Å². The first-order valence-corrected chi connectivity index (χ1v) is 7.59. The molecule has 2 N–H and O–H groups in total. The van der Waals surface area contributed by atoms with Crippen molar-refractivity contribution in [3.63, 3.8) is 0 Å². The van der Waals surface area contributed by atoms with Gasteiger partial charge in [0, 0.05) is 12.5 Å². The molecule has 2 heterocycles. The van der Waals surface area contributed by atoms with E-state index in [0.29, 0.717) is 6.61 Å². The van der Waals surface area contributed by atoms with E-state index in [9.17, 15) is 4.79 Å². The second-order valence-corrected chi connectivity index (χ2v) is 5.83. The van der Waals surface area contributed by atoms with Crippen LogP contribution in [0, 0.1) is 5.41 Å². The average molecular weight is 372 g/mol. The number of pyridine rings is 1. The molecule has 0 aliphatic carbocycles. The van der Waals surface area contributed by atoms with E-state index < -0.39 is 5.41 Å². The molecular weight excluding hydrogens is 349 g/mol. The number of carbonyl (C=O) groups excluding carboxylic acids is 1. The normalized spacial score (nSPS) is 15.9. The van der Waals surface area contributed by atoms with E-state index >= 15 is 0 Å². The monoisotopic (exact) mass is 371 g/mol. The molecule has 0 spiro atoms. The Balaban J connectivity index is 0.00000144. The number of amides is 1. The second kappa shape index (κ2) is 9.18. The van der Waals surface area contributed by atoms with E-state index in [0.717, 1.165) is 42.5 Å². The lowest BCUT2D eigenvalue weighted by Gasteiger charge is -2.35. The summed E-state index contributed by atoms with van der Waals surface area (Å²) in [5, 5.41) is 7.33. The number of nitrogens with one attached hydrogen (secondary N) is 2. The fraction of sp³-hybridized carbons (Fsp3) is 0.412. The zero-order chi connectivity index (χ0) is 15.4. The smallest absolute Gasteiger partial charge is 0.233 e. The van der Waals surface area contributed by atoms with Crippen molar-refractivity contribution in [1.82, 2.24) is 10.3 Å². The van der Waals surface area contributed by atoms with Gasteiger partial charge in [-0.25, -0.2) is 0 Å². The van der Waals surface area contributed by atoms with Crippen LogP contribution in [0.25, 0.3) is 10.9 Å². The van der Waals surface area contributed by atoms with Gasteiger partial charge in [0.05, 0.1) is 29.4 Å². The predicted octanol–water partition coefficient (Wildman–Crippen LogP) is 3.03. The van der Waals surface area contributed by atoms with Gasteiger partial charge in [-0.2, -0.15) is 0 Å². The number of nitrogens with zero attached hydrogens (tertiary/aromatic N) is 1. The zero-order valence-corrected chi connectivity index (χ0v) is 15.2. The van der Waals surface area contributed by atoms with Crippen LogP contribution in [0.1, 0.15) is 12.8 Å². The summed E-state index contributed by atoms with van der Waals surface area (Å²) in [4.78, 5) is 17.2. The first-order valence-electron chi connectivity index (χ1n) is 7.59. The molecule has 7 heteroatoms. The van der Waals surface area contributed by atoms with Crippen LogP contribution in [0.15, 0.2) is 36.5 Å². The number of fused-ring (bicyclic) bond motifs is 1. The lowest BCUT2D eigenvalue weighted by atomic mass is 9.78. The topological polar surface area (TPSA) is 63.2 Å². The molecule has 1 aromatic heterocycles. The number of rotatable bonds is 4. The molecule has 5 nitrogen and oxygen atoms in total. The van der Waals surface area contributed by atoms with E-state index in [1.807, 2.05) is 30.3 Å². The highest BCUT2D eigenvalue weighted by atomic mass is 35.5. The standard InChI is InChI=1S/C17H21N3O2.2ClH/c1-22-12-17(6-8-18-9-7-17)16(21)20-14-10-13-4-2-3-5-15(13)19-11-14;;/h2-5,10-11,18H,6-9,12H2,1H3,(H,20,21);2*1H. The highest BCUT2D eigenvalue weighted by Crippen LogP contribution is 2.31. The van der Waals surface area contributed by atoms with E-state index in [4.69, 9.17) is 4.74 Å². The molecule has 0 radical (unpaired) electrons. The lowest BCUT2D eigenvalue weighted by Crippen LogP contribution is -2.47. The predicted molar refractivity (Wildman–Crippen MR) is 101 cm³/mol. The Morgan fingerprint density at radius 1 is 1.29 bits per heavy atom. The maximum absolute atomic E-state index is 12.8. The Hall–Kier alpha value is -1.40. The number of carbonyl (C=O) groups is 1. The molecule has 24 heavy (non-hydrogen) atoms. The van der Waals surface area contributed by atoms with E-state index in [2.05, 4.69) is 15.6 Å². The molecule has 1 aliphatic rings. The summed E-state index contributed by atoms with van der Waals surface area (Å²) in [7, 11) is 1.65. The van der Waals surface area contributed by atoms with Crippen molar-refractivity contribution in [2.45, 2.75) is 12.8 Å². The molecule has 1 aliphatic heterocycles. The summed E-state index contributed by atoms with van der Waals surface area (Å²) in [5.41, 5.74) is 1.21. The molecule has 3 rings (SSSR count). The largest absolute Gasteiger partial charge is 0.384 e. The van der Waals surface area contributed by atoms with Crippen molar-refractivity contribution in [3.8, 4) is 0 Å². The van der Waals surface area contributed by atoms with Crippen molar-refractivity contribution in [2.75, 3.05) is 32.1 Å². The number of ether oxygens (including phenoxy) is 1. The van der Waals surface area contributed by atoms with Gasteiger partial charge in [0.25, 0.3) is 0 Å². The minimum absolute atomic E-state index is 0. The summed E-state index contributed by atoms with van der Waals surface area (Å²) in [6.07, 6.45) is 3.28. The van der Waals surface area contributed by atoms with E-state index in [1.54, 1.807) is 13.3 Å². The SMILES string of the molecule is COCC1(C(=O)Nc2cnc3ccccc3c2)CCNCC1.Cl.Cl. The molecule has 1 fully saturated rings. The van der Waals surface area contributed by atoms with E-state index in [1.165, 1.54) is 0 Å². The van der Waals surface area contributed by atoms with Crippen LogP contribution in [0.2, 0.25) is 0 Å². The third-order valence-electron chi connectivity index (χ3n) is 4.31. The Bertz CT molecular complexity index is 670. The van der Waals surface area contributed by atoms with Crippen LogP contribution < -0.4 is 10.6 Å². The number of piperidine rings is 1. The van der Waals surface area contributed by atoms with Gasteiger partial charge in [-0.05, 0) is 38.1 Å². The summed E-state index contributed by atoms with van der Waals surface area (Å²) in [6, 6.07) is 9.83. The Kier molecular flexibility index (Phi) is 7.90. The number of anilines is 1. The van der Waals surface area contributed by atoms with Crippen molar-refractivity contribution in [3.05, 3.63) is 36.5 Å².